The number of carbonyl (C=O) groups excluding carboxylic acids is 1. The van der Waals surface area contributed by atoms with Crippen LogP contribution in [-0.2, 0) is 11.2 Å². The van der Waals surface area contributed by atoms with Gasteiger partial charge >= 0.3 is 0 Å². The van der Waals surface area contributed by atoms with Crippen molar-refractivity contribution >= 4 is 46.1 Å². The number of hydrogen-bond acceptors (Lipinski definition) is 8. The van der Waals surface area contributed by atoms with Gasteiger partial charge in [-0.2, -0.15) is 5.10 Å². The minimum atomic E-state index is -0.547. The van der Waals surface area contributed by atoms with Crippen molar-refractivity contribution in [2.75, 3.05) is 4.90 Å². The maximum Gasteiger partial charge on any atom is 0.270 e. The van der Waals surface area contributed by atoms with Crippen molar-refractivity contribution in [3.8, 4) is 0 Å². The molecule has 1 fully saturated rings. The number of para-hydroxylation sites is 1. The Balaban J connectivity index is 1.61. The third-order valence-electron chi connectivity index (χ3n) is 4.92. The number of amidine groups is 1. The Morgan fingerprint density at radius 3 is 2.29 bits per heavy atom. The molecule has 11 heteroatoms. The number of hydrogen-bond donors (Lipinski definition) is 0. The number of amides is 1. The number of nitro groups is 2. The standard InChI is InChI=1S/C23H17N5O5S/c29-22-21(14-16-6-4-10-19(12-16)27(30)31)34-23(26(22)18-8-2-1-3-9-18)25-24-15-17-7-5-11-20(13-17)28(32)33/h1-13,15,21H,14H2/b24-15+,25-23-. The van der Waals surface area contributed by atoms with Crippen LogP contribution in [0.25, 0.3) is 0 Å². The van der Waals surface area contributed by atoms with Crippen LogP contribution in [0, 0.1) is 20.2 Å². The van der Waals surface area contributed by atoms with Gasteiger partial charge in [-0.3, -0.25) is 29.9 Å². The maximum absolute atomic E-state index is 13.3. The molecular weight excluding hydrogens is 458 g/mol. The molecule has 0 spiro atoms. The third-order valence-corrected chi connectivity index (χ3v) is 6.05. The molecule has 170 valence electrons. The lowest BCUT2D eigenvalue weighted by atomic mass is 10.1. The van der Waals surface area contributed by atoms with Gasteiger partial charge in [0.15, 0.2) is 5.17 Å². The molecule has 1 heterocycles. The van der Waals surface area contributed by atoms with Crippen molar-refractivity contribution in [2.45, 2.75) is 11.7 Å². The van der Waals surface area contributed by atoms with E-state index in [1.54, 1.807) is 48.5 Å². The number of carbonyl (C=O) groups is 1. The monoisotopic (exact) mass is 475 g/mol. The molecule has 1 saturated heterocycles. The van der Waals surface area contributed by atoms with Crippen LogP contribution < -0.4 is 4.90 Å². The number of anilines is 1. The van der Waals surface area contributed by atoms with E-state index in [9.17, 15) is 25.0 Å². The largest absolute Gasteiger partial charge is 0.273 e. The molecule has 34 heavy (non-hydrogen) atoms. The first kappa shape index (κ1) is 22.8. The van der Waals surface area contributed by atoms with Crippen molar-refractivity contribution in [3.63, 3.8) is 0 Å². The molecule has 0 bridgehead atoms. The highest BCUT2D eigenvalue weighted by atomic mass is 32.2. The van der Waals surface area contributed by atoms with Crippen LogP contribution in [0.5, 0.6) is 0 Å². The Bertz CT molecular complexity index is 1310. The fraction of sp³-hybridized carbons (Fsp3) is 0.0870. The van der Waals surface area contributed by atoms with Gasteiger partial charge in [0, 0.05) is 29.8 Å². The van der Waals surface area contributed by atoms with E-state index in [2.05, 4.69) is 10.2 Å². The summed E-state index contributed by atoms with van der Waals surface area (Å²) < 4.78 is 0. The molecule has 4 rings (SSSR count). The molecule has 0 saturated carbocycles. The van der Waals surface area contributed by atoms with E-state index in [0.29, 0.717) is 22.0 Å². The first-order chi connectivity index (χ1) is 16.4. The molecule has 10 nitrogen and oxygen atoms in total. The van der Waals surface area contributed by atoms with E-state index in [1.165, 1.54) is 47.1 Å². The second-order valence-electron chi connectivity index (χ2n) is 7.23. The second kappa shape index (κ2) is 10.0. The minimum Gasteiger partial charge on any atom is -0.273 e. The molecule has 3 aromatic carbocycles. The molecule has 3 aromatic rings. The summed E-state index contributed by atoms with van der Waals surface area (Å²) >= 11 is 1.21. The first-order valence-electron chi connectivity index (χ1n) is 10.1. The van der Waals surface area contributed by atoms with E-state index < -0.39 is 15.1 Å². The Labute approximate surface area is 197 Å². The van der Waals surface area contributed by atoms with Crippen LogP contribution in [0.4, 0.5) is 17.1 Å². The Kier molecular flexibility index (Phi) is 6.74. The summed E-state index contributed by atoms with van der Waals surface area (Å²) in [7, 11) is 0. The number of non-ortho nitro benzene ring substituents is 2. The van der Waals surface area contributed by atoms with Gasteiger partial charge in [-0.25, -0.2) is 0 Å². The van der Waals surface area contributed by atoms with E-state index in [-0.39, 0.29) is 23.7 Å². The highest BCUT2D eigenvalue weighted by molar-refractivity contribution is 8.16. The zero-order valence-corrected chi connectivity index (χ0v) is 18.4. The van der Waals surface area contributed by atoms with Crippen LogP contribution in [-0.4, -0.2) is 32.4 Å². The number of thioether (sulfide) groups is 1. The van der Waals surface area contributed by atoms with Gasteiger partial charge in [0.2, 0.25) is 5.91 Å². The zero-order chi connectivity index (χ0) is 24.1. The molecule has 1 atom stereocenters. The average Bonchev–Trinajstić information content (AvgIpc) is 3.14. The van der Waals surface area contributed by atoms with Crippen LogP contribution in [0.3, 0.4) is 0 Å². The maximum atomic E-state index is 13.3. The van der Waals surface area contributed by atoms with E-state index in [0.717, 1.165) is 0 Å². The van der Waals surface area contributed by atoms with Crippen molar-refractivity contribution in [3.05, 3.63) is 110 Å². The summed E-state index contributed by atoms with van der Waals surface area (Å²) in [5.41, 5.74) is 1.67. The Morgan fingerprint density at radius 2 is 1.59 bits per heavy atom. The van der Waals surface area contributed by atoms with Crippen LogP contribution >= 0.6 is 11.8 Å². The number of benzene rings is 3. The molecule has 1 aliphatic heterocycles. The predicted octanol–water partition coefficient (Wildman–Crippen LogP) is 4.58. The SMILES string of the molecule is O=C1C(Cc2cccc([N+](=O)[O-])c2)S/C(=N\N=C\c2cccc([N+](=O)[O-])c2)N1c1ccccc1. The van der Waals surface area contributed by atoms with Crippen molar-refractivity contribution < 1.29 is 14.6 Å². The minimum absolute atomic E-state index is 0.0386. The molecule has 0 radical (unpaired) electrons. The summed E-state index contributed by atoms with van der Waals surface area (Å²) in [6, 6.07) is 21.1. The highest BCUT2D eigenvalue weighted by Crippen LogP contribution is 2.34. The summed E-state index contributed by atoms with van der Waals surface area (Å²) in [6.07, 6.45) is 1.66. The number of nitrogens with zero attached hydrogens (tertiary/aromatic N) is 5. The normalized spacial score (nSPS) is 16.9. The zero-order valence-electron chi connectivity index (χ0n) is 17.6. The lowest BCUT2D eigenvalue weighted by Crippen LogP contribution is -2.32. The molecule has 0 aliphatic carbocycles. The van der Waals surface area contributed by atoms with E-state index >= 15 is 0 Å². The van der Waals surface area contributed by atoms with Crippen LogP contribution in [0.2, 0.25) is 0 Å². The van der Waals surface area contributed by atoms with Gasteiger partial charge in [0.1, 0.15) is 0 Å². The fourth-order valence-corrected chi connectivity index (χ4v) is 4.49. The van der Waals surface area contributed by atoms with E-state index in [1.807, 2.05) is 6.07 Å². The summed E-state index contributed by atoms with van der Waals surface area (Å²) in [4.78, 5) is 35.8. The quantitative estimate of drug-likeness (QED) is 0.279. The van der Waals surface area contributed by atoms with Crippen molar-refractivity contribution in [1.82, 2.24) is 0 Å². The molecule has 0 N–H and O–H groups in total. The van der Waals surface area contributed by atoms with Crippen LogP contribution in [0.15, 0.2) is 89.1 Å². The van der Waals surface area contributed by atoms with Crippen LogP contribution in [0.1, 0.15) is 11.1 Å². The highest BCUT2D eigenvalue weighted by Gasteiger charge is 2.39. The van der Waals surface area contributed by atoms with Gasteiger partial charge in [0.05, 0.1) is 27.0 Å². The lowest BCUT2D eigenvalue weighted by molar-refractivity contribution is -0.385. The smallest absolute Gasteiger partial charge is 0.270 e. The Hall–Kier alpha value is -4.38. The van der Waals surface area contributed by atoms with Gasteiger partial charge in [0.25, 0.3) is 11.4 Å². The molecule has 1 unspecified atom stereocenters. The van der Waals surface area contributed by atoms with E-state index in [4.69, 9.17) is 0 Å². The van der Waals surface area contributed by atoms with Gasteiger partial charge in [-0.1, -0.05) is 54.2 Å². The number of nitro benzene ring substituents is 2. The molecule has 1 amide bonds. The van der Waals surface area contributed by atoms with Crippen molar-refractivity contribution in [1.29, 1.82) is 0 Å². The lowest BCUT2D eigenvalue weighted by Gasteiger charge is -2.15. The predicted molar refractivity (Wildman–Crippen MR) is 130 cm³/mol. The summed E-state index contributed by atoms with van der Waals surface area (Å²) in [5.74, 6) is -0.216. The van der Waals surface area contributed by atoms with Gasteiger partial charge in [-0.05, 0) is 24.1 Å². The molecular formula is C23H17N5O5S. The van der Waals surface area contributed by atoms with Crippen molar-refractivity contribution in [2.24, 2.45) is 10.2 Å². The topological polar surface area (TPSA) is 131 Å². The third kappa shape index (κ3) is 5.15. The molecule has 1 aliphatic rings. The molecule has 0 aromatic heterocycles. The average molecular weight is 475 g/mol. The van der Waals surface area contributed by atoms with Gasteiger partial charge in [-0.15, -0.1) is 5.10 Å². The first-order valence-corrected chi connectivity index (χ1v) is 10.9. The second-order valence-corrected chi connectivity index (χ2v) is 8.40. The summed E-state index contributed by atoms with van der Waals surface area (Å²) in [5, 5.41) is 30.1. The Morgan fingerprint density at radius 1 is 0.912 bits per heavy atom. The fourth-order valence-electron chi connectivity index (χ4n) is 3.36. The number of rotatable bonds is 7. The van der Waals surface area contributed by atoms with Gasteiger partial charge < -0.3 is 0 Å². The summed E-state index contributed by atoms with van der Waals surface area (Å²) in [6.45, 7) is 0.